The van der Waals surface area contributed by atoms with Crippen LogP contribution in [-0.2, 0) is 22.6 Å². The van der Waals surface area contributed by atoms with Crippen LogP contribution in [0.3, 0.4) is 0 Å². The second-order valence-corrected chi connectivity index (χ2v) is 7.44. The molecular formula is C22H24N2O5. The largest absolute Gasteiger partial charge is 0.454 e. The number of aliphatic hydroxyl groups is 1. The second-order valence-electron chi connectivity index (χ2n) is 7.44. The van der Waals surface area contributed by atoms with Crippen molar-refractivity contribution in [1.82, 2.24) is 10.2 Å². The summed E-state index contributed by atoms with van der Waals surface area (Å²) in [4.78, 5) is 26.8. The van der Waals surface area contributed by atoms with Crippen molar-refractivity contribution in [3.05, 3.63) is 59.7 Å². The average molecular weight is 396 g/mol. The summed E-state index contributed by atoms with van der Waals surface area (Å²) in [6, 6.07) is 14.9. The predicted molar refractivity (Wildman–Crippen MR) is 105 cm³/mol. The van der Waals surface area contributed by atoms with Gasteiger partial charge in [-0.15, -0.1) is 0 Å². The molecule has 4 rings (SSSR count). The van der Waals surface area contributed by atoms with Crippen molar-refractivity contribution in [2.24, 2.45) is 5.92 Å². The van der Waals surface area contributed by atoms with Gasteiger partial charge < -0.3 is 24.8 Å². The van der Waals surface area contributed by atoms with E-state index in [1.807, 2.05) is 48.5 Å². The molecule has 0 spiro atoms. The molecule has 0 aromatic heterocycles. The number of nitrogens with one attached hydrogen (secondary N) is 1. The Morgan fingerprint density at radius 1 is 1.14 bits per heavy atom. The van der Waals surface area contributed by atoms with Gasteiger partial charge in [0, 0.05) is 19.5 Å². The van der Waals surface area contributed by atoms with Gasteiger partial charge in [0.1, 0.15) is 0 Å². The summed E-state index contributed by atoms with van der Waals surface area (Å²) in [5.41, 5.74) is 1.97. The lowest BCUT2D eigenvalue weighted by Crippen LogP contribution is -2.43. The molecule has 1 fully saturated rings. The maximum absolute atomic E-state index is 12.7. The van der Waals surface area contributed by atoms with Gasteiger partial charge >= 0.3 is 0 Å². The first-order chi connectivity index (χ1) is 14.1. The summed E-state index contributed by atoms with van der Waals surface area (Å²) >= 11 is 0. The Balaban J connectivity index is 1.33. The summed E-state index contributed by atoms with van der Waals surface area (Å²) in [6.07, 6.45) is 0.727. The molecule has 0 unspecified atom stereocenters. The van der Waals surface area contributed by atoms with Crippen LogP contribution >= 0.6 is 0 Å². The van der Waals surface area contributed by atoms with Crippen LogP contribution in [0.4, 0.5) is 0 Å². The quantitative estimate of drug-likeness (QED) is 0.740. The normalized spacial score (nSPS) is 18.7. The lowest BCUT2D eigenvalue weighted by atomic mass is 10.0. The summed E-state index contributed by atoms with van der Waals surface area (Å²) in [6.45, 7) is 0.843. The third-order valence-corrected chi connectivity index (χ3v) is 5.29. The van der Waals surface area contributed by atoms with Crippen molar-refractivity contribution >= 4 is 11.8 Å². The van der Waals surface area contributed by atoms with Crippen LogP contribution in [0.5, 0.6) is 11.5 Å². The minimum Gasteiger partial charge on any atom is -0.454 e. The first-order valence-electron chi connectivity index (χ1n) is 9.74. The van der Waals surface area contributed by atoms with Gasteiger partial charge in [0.15, 0.2) is 11.5 Å². The molecule has 2 aliphatic rings. The highest BCUT2D eigenvalue weighted by Crippen LogP contribution is 2.33. The van der Waals surface area contributed by atoms with Crippen molar-refractivity contribution < 1.29 is 24.2 Å². The van der Waals surface area contributed by atoms with E-state index in [4.69, 9.17) is 9.47 Å². The number of nitrogens with zero attached hydrogens (tertiary/aromatic N) is 1. The van der Waals surface area contributed by atoms with Gasteiger partial charge in [-0.25, -0.2) is 0 Å². The van der Waals surface area contributed by atoms with Gasteiger partial charge in [0.25, 0.3) is 0 Å². The number of amides is 2. The monoisotopic (exact) mass is 396 g/mol. The lowest BCUT2D eigenvalue weighted by Gasteiger charge is -2.20. The van der Waals surface area contributed by atoms with Crippen LogP contribution in [0.2, 0.25) is 0 Å². The van der Waals surface area contributed by atoms with Crippen LogP contribution in [-0.4, -0.2) is 47.8 Å². The number of hydrogen-bond acceptors (Lipinski definition) is 5. The molecule has 2 aromatic carbocycles. The molecule has 2 atom stereocenters. The van der Waals surface area contributed by atoms with Gasteiger partial charge in [-0.1, -0.05) is 36.4 Å². The van der Waals surface area contributed by atoms with Gasteiger partial charge in [0.05, 0.1) is 18.6 Å². The lowest BCUT2D eigenvalue weighted by molar-refractivity contribution is -0.129. The zero-order valence-corrected chi connectivity index (χ0v) is 16.0. The minimum atomic E-state index is -0.415. The molecule has 2 aromatic rings. The molecule has 2 amide bonds. The van der Waals surface area contributed by atoms with Crippen LogP contribution < -0.4 is 14.8 Å². The molecule has 0 radical (unpaired) electrons. The third kappa shape index (κ3) is 4.51. The topological polar surface area (TPSA) is 88.1 Å². The molecule has 2 N–H and O–H groups in total. The van der Waals surface area contributed by atoms with E-state index in [0.29, 0.717) is 31.0 Å². The fraction of sp³-hybridized carbons (Fsp3) is 0.364. The highest BCUT2D eigenvalue weighted by atomic mass is 16.7. The summed E-state index contributed by atoms with van der Waals surface area (Å²) < 4.78 is 10.7. The second kappa shape index (κ2) is 8.53. The SMILES string of the molecule is O=C(N[C@@H](CO)Cc1ccccc1)[C@H]1CC(=O)N(Cc2ccc3c(c2)OCO3)C1. The van der Waals surface area contributed by atoms with Crippen molar-refractivity contribution in [2.75, 3.05) is 19.9 Å². The molecule has 7 heteroatoms. The molecular weight excluding hydrogens is 372 g/mol. The molecule has 2 aliphatic heterocycles. The Morgan fingerprint density at radius 2 is 1.93 bits per heavy atom. The standard InChI is InChI=1S/C22H24N2O5/c25-13-18(8-15-4-2-1-3-5-15)23-22(27)17-10-21(26)24(12-17)11-16-6-7-19-20(9-16)29-14-28-19/h1-7,9,17-18,25H,8,10-14H2,(H,23,27)/t17-,18+/m0/s1. The molecule has 0 bridgehead atoms. The minimum absolute atomic E-state index is 0.0496. The van der Waals surface area contributed by atoms with Gasteiger partial charge in [-0.2, -0.15) is 0 Å². The smallest absolute Gasteiger partial charge is 0.231 e. The number of ether oxygens (including phenoxy) is 2. The summed E-state index contributed by atoms with van der Waals surface area (Å²) in [7, 11) is 0. The Hall–Kier alpha value is -3.06. The average Bonchev–Trinajstić information content (AvgIpc) is 3.34. The number of aliphatic hydroxyl groups excluding tert-OH is 1. The molecule has 7 nitrogen and oxygen atoms in total. The van der Waals surface area contributed by atoms with Crippen LogP contribution in [0.15, 0.2) is 48.5 Å². The van der Waals surface area contributed by atoms with Crippen molar-refractivity contribution in [3.8, 4) is 11.5 Å². The Bertz CT molecular complexity index is 886. The molecule has 2 heterocycles. The van der Waals surface area contributed by atoms with E-state index < -0.39 is 5.92 Å². The zero-order valence-electron chi connectivity index (χ0n) is 16.0. The predicted octanol–water partition coefficient (Wildman–Crippen LogP) is 1.48. The van der Waals surface area contributed by atoms with Gasteiger partial charge in [-0.3, -0.25) is 9.59 Å². The summed E-state index contributed by atoms with van der Waals surface area (Å²) in [5, 5.41) is 12.5. The summed E-state index contributed by atoms with van der Waals surface area (Å²) in [5.74, 6) is 0.719. The first kappa shape index (κ1) is 19.3. The Labute approximate surface area is 169 Å². The van der Waals surface area contributed by atoms with Crippen molar-refractivity contribution in [3.63, 3.8) is 0 Å². The fourth-order valence-electron chi connectivity index (χ4n) is 3.74. The highest BCUT2D eigenvalue weighted by molar-refractivity contribution is 5.89. The van der Waals surface area contributed by atoms with E-state index in [1.165, 1.54) is 0 Å². The highest BCUT2D eigenvalue weighted by Gasteiger charge is 2.35. The maximum atomic E-state index is 12.7. The number of rotatable bonds is 7. The number of benzene rings is 2. The number of carbonyl (C=O) groups is 2. The van der Waals surface area contributed by atoms with E-state index in [2.05, 4.69) is 5.32 Å². The zero-order chi connectivity index (χ0) is 20.2. The number of carbonyl (C=O) groups excluding carboxylic acids is 2. The number of hydrogen-bond donors (Lipinski definition) is 2. The molecule has 1 saturated heterocycles. The Morgan fingerprint density at radius 3 is 2.72 bits per heavy atom. The first-order valence-corrected chi connectivity index (χ1v) is 9.74. The van der Waals surface area contributed by atoms with Gasteiger partial charge in [0.2, 0.25) is 18.6 Å². The van der Waals surface area contributed by atoms with Crippen LogP contribution in [0.1, 0.15) is 17.5 Å². The van der Waals surface area contributed by atoms with E-state index in [-0.39, 0.29) is 37.7 Å². The maximum Gasteiger partial charge on any atom is 0.231 e. The van der Waals surface area contributed by atoms with Gasteiger partial charge in [-0.05, 0) is 29.7 Å². The molecule has 0 aliphatic carbocycles. The third-order valence-electron chi connectivity index (χ3n) is 5.29. The molecule has 29 heavy (non-hydrogen) atoms. The molecule has 0 saturated carbocycles. The van der Waals surface area contributed by atoms with E-state index in [0.717, 1.165) is 11.1 Å². The van der Waals surface area contributed by atoms with Crippen LogP contribution in [0.25, 0.3) is 0 Å². The Kier molecular flexibility index (Phi) is 5.67. The number of likely N-dealkylation sites (tertiary alicyclic amines) is 1. The van der Waals surface area contributed by atoms with E-state index >= 15 is 0 Å². The van der Waals surface area contributed by atoms with Crippen molar-refractivity contribution in [1.29, 1.82) is 0 Å². The number of fused-ring (bicyclic) bond motifs is 1. The fourth-order valence-corrected chi connectivity index (χ4v) is 3.74. The molecule has 152 valence electrons. The van der Waals surface area contributed by atoms with Crippen LogP contribution in [0, 0.1) is 5.92 Å². The van der Waals surface area contributed by atoms with E-state index in [1.54, 1.807) is 4.90 Å². The van der Waals surface area contributed by atoms with E-state index in [9.17, 15) is 14.7 Å². The van der Waals surface area contributed by atoms with Crippen molar-refractivity contribution in [2.45, 2.75) is 25.4 Å².